The lowest BCUT2D eigenvalue weighted by molar-refractivity contribution is 0.171. The van der Waals surface area contributed by atoms with Crippen molar-refractivity contribution in [1.82, 2.24) is 5.43 Å². The van der Waals surface area contributed by atoms with Crippen molar-refractivity contribution in [2.24, 2.45) is 5.84 Å². The third kappa shape index (κ3) is 2.71. The maximum Gasteiger partial charge on any atom is 0.161 e. The molecule has 0 amide bonds. The van der Waals surface area contributed by atoms with Crippen molar-refractivity contribution in [2.45, 2.75) is 6.04 Å². The summed E-state index contributed by atoms with van der Waals surface area (Å²) in [6.45, 7) is 1.20. The van der Waals surface area contributed by atoms with Gasteiger partial charge in [-0.05, 0) is 57.3 Å². The van der Waals surface area contributed by atoms with Crippen molar-refractivity contribution in [3.8, 4) is 11.5 Å². The molecule has 3 N–H and O–H groups in total. The molecule has 0 fully saturated rings. The quantitative estimate of drug-likeness (QED) is 0.482. The van der Waals surface area contributed by atoms with Gasteiger partial charge in [0.25, 0.3) is 0 Å². The zero-order chi connectivity index (χ0) is 13.2. The fraction of sp³-hybridized carbons (Fsp3) is 0.231. The van der Waals surface area contributed by atoms with E-state index in [0.29, 0.717) is 13.2 Å². The van der Waals surface area contributed by atoms with E-state index in [9.17, 15) is 0 Å². The molecule has 0 saturated heterocycles. The van der Waals surface area contributed by atoms with E-state index in [2.05, 4.69) is 39.5 Å². The molecule has 0 radical (unpaired) electrons. The van der Waals surface area contributed by atoms with Crippen molar-refractivity contribution in [1.29, 1.82) is 0 Å². The topological polar surface area (TPSA) is 56.5 Å². The third-order valence-electron chi connectivity index (χ3n) is 2.99. The molecule has 3 rings (SSSR count). The number of halogens is 1. The monoisotopic (exact) mass is 388 g/mol. The van der Waals surface area contributed by atoms with E-state index in [1.807, 2.05) is 18.2 Å². The van der Waals surface area contributed by atoms with Gasteiger partial charge in [0.15, 0.2) is 11.5 Å². The zero-order valence-corrected chi connectivity index (χ0v) is 13.0. The summed E-state index contributed by atoms with van der Waals surface area (Å²) < 4.78 is 12.4. The van der Waals surface area contributed by atoms with Gasteiger partial charge in [0, 0.05) is 0 Å². The van der Waals surface area contributed by atoms with Gasteiger partial charge in [-0.2, -0.15) is 0 Å². The minimum absolute atomic E-state index is 0.0319. The predicted octanol–water partition coefficient (Wildman–Crippen LogP) is 2.68. The second-order valence-corrected chi connectivity index (χ2v) is 6.99. The summed E-state index contributed by atoms with van der Waals surface area (Å²) in [5, 5.41) is 2.11. The average molecular weight is 388 g/mol. The Kier molecular flexibility index (Phi) is 3.92. The van der Waals surface area contributed by atoms with Crippen LogP contribution in [0.4, 0.5) is 0 Å². The standard InChI is InChI=1S/C13H13IN2O2S/c14-12-6-9(7-19-12)13(16-15)8-1-2-10-11(5-8)18-4-3-17-10/h1-2,5-7,13,16H,3-4,15H2. The maximum absolute atomic E-state index is 5.70. The van der Waals surface area contributed by atoms with Gasteiger partial charge in [-0.15, -0.1) is 11.3 Å². The molecule has 1 aromatic heterocycles. The fourth-order valence-electron chi connectivity index (χ4n) is 2.10. The molecule has 1 unspecified atom stereocenters. The number of thiophene rings is 1. The van der Waals surface area contributed by atoms with E-state index < -0.39 is 0 Å². The van der Waals surface area contributed by atoms with Crippen LogP contribution in [0, 0.1) is 2.88 Å². The van der Waals surface area contributed by atoms with Crippen LogP contribution in [0.25, 0.3) is 0 Å². The van der Waals surface area contributed by atoms with E-state index >= 15 is 0 Å². The first-order chi connectivity index (χ1) is 9.28. The minimum atomic E-state index is -0.0319. The van der Waals surface area contributed by atoms with Crippen molar-refractivity contribution >= 4 is 33.9 Å². The summed E-state index contributed by atoms with van der Waals surface area (Å²) in [7, 11) is 0. The molecular formula is C13H13IN2O2S. The van der Waals surface area contributed by atoms with E-state index in [4.69, 9.17) is 15.3 Å². The molecule has 4 nitrogen and oxygen atoms in total. The van der Waals surface area contributed by atoms with Gasteiger partial charge in [-0.25, -0.2) is 5.43 Å². The number of ether oxygens (including phenoxy) is 2. The van der Waals surface area contributed by atoms with Crippen LogP contribution in [0.15, 0.2) is 29.6 Å². The van der Waals surface area contributed by atoms with Crippen LogP contribution in [0.5, 0.6) is 11.5 Å². The first kappa shape index (κ1) is 13.2. The number of rotatable bonds is 3. The molecule has 1 aliphatic heterocycles. The van der Waals surface area contributed by atoms with Gasteiger partial charge in [-0.1, -0.05) is 6.07 Å². The maximum atomic E-state index is 5.70. The van der Waals surface area contributed by atoms with Crippen LogP contribution in [0.1, 0.15) is 17.2 Å². The number of hydrogen-bond donors (Lipinski definition) is 2. The van der Waals surface area contributed by atoms with Crippen LogP contribution < -0.4 is 20.7 Å². The molecule has 0 aliphatic carbocycles. The highest BCUT2D eigenvalue weighted by atomic mass is 127. The second kappa shape index (κ2) is 5.66. The molecule has 0 bridgehead atoms. The Morgan fingerprint density at radius 2 is 1.95 bits per heavy atom. The van der Waals surface area contributed by atoms with Crippen LogP contribution in [0.2, 0.25) is 0 Å². The van der Waals surface area contributed by atoms with Gasteiger partial charge in [0.2, 0.25) is 0 Å². The summed E-state index contributed by atoms with van der Waals surface area (Å²) in [5.41, 5.74) is 5.09. The van der Waals surface area contributed by atoms with E-state index in [1.165, 1.54) is 2.88 Å². The van der Waals surface area contributed by atoms with Crippen molar-refractivity contribution in [2.75, 3.05) is 13.2 Å². The fourth-order valence-corrected chi connectivity index (χ4v) is 3.50. The number of nitrogens with one attached hydrogen (secondary N) is 1. The van der Waals surface area contributed by atoms with E-state index in [-0.39, 0.29) is 6.04 Å². The van der Waals surface area contributed by atoms with Crippen molar-refractivity contribution < 1.29 is 9.47 Å². The average Bonchev–Trinajstić information content (AvgIpc) is 2.86. The Morgan fingerprint density at radius 3 is 2.63 bits per heavy atom. The first-order valence-corrected chi connectivity index (χ1v) is 7.83. The summed E-state index contributed by atoms with van der Waals surface area (Å²) >= 11 is 4.02. The lowest BCUT2D eigenvalue weighted by atomic mass is 10.0. The number of benzene rings is 1. The molecule has 1 aromatic carbocycles. The Morgan fingerprint density at radius 1 is 1.16 bits per heavy atom. The van der Waals surface area contributed by atoms with Gasteiger partial charge >= 0.3 is 0 Å². The normalized spacial score (nSPS) is 15.3. The van der Waals surface area contributed by atoms with Gasteiger partial charge in [-0.3, -0.25) is 5.84 Å². The van der Waals surface area contributed by atoms with Crippen LogP contribution in [-0.4, -0.2) is 13.2 Å². The van der Waals surface area contributed by atoms with Crippen LogP contribution >= 0.6 is 33.9 Å². The van der Waals surface area contributed by atoms with Gasteiger partial charge in [0.1, 0.15) is 13.2 Å². The SMILES string of the molecule is NNC(c1csc(I)c1)c1ccc2c(c1)OCCO2. The highest BCUT2D eigenvalue weighted by molar-refractivity contribution is 14.1. The van der Waals surface area contributed by atoms with Crippen molar-refractivity contribution in [3.63, 3.8) is 0 Å². The Hall–Kier alpha value is -0.830. The Balaban J connectivity index is 1.95. The lowest BCUT2D eigenvalue weighted by Crippen LogP contribution is -2.28. The van der Waals surface area contributed by atoms with E-state index in [1.54, 1.807) is 11.3 Å². The molecular weight excluding hydrogens is 375 g/mol. The van der Waals surface area contributed by atoms with Gasteiger partial charge < -0.3 is 9.47 Å². The summed E-state index contributed by atoms with van der Waals surface area (Å²) in [5.74, 6) is 7.29. The Bertz CT molecular complexity index is 588. The van der Waals surface area contributed by atoms with Crippen LogP contribution in [0.3, 0.4) is 0 Å². The smallest absolute Gasteiger partial charge is 0.161 e. The number of nitrogens with two attached hydrogens (primary N) is 1. The molecule has 2 aromatic rings. The largest absolute Gasteiger partial charge is 0.486 e. The summed E-state index contributed by atoms with van der Waals surface area (Å²) in [6.07, 6.45) is 0. The van der Waals surface area contributed by atoms with Crippen LogP contribution in [-0.2, 0) is 0 Å². The molecule has 1 aliphatic rings. The lowest BCUT2D eigenvalue weighted by Gasteiger charge is -2.21. The second-order valence-electron chi connectivity index (χ2n) is 4.19. The summed E-state index contributed by atoms with van der Waals surface area (Å²) in [6, 6.07) is 8.04. The molecule has 19 heavy (non-hydrogen) atoms. The number of fused-ring (bicyclic) bond motifs is 1. The number of hydrazine groups is 1. The van der Waals surface area contributed by atoms with Gasteiger partial charge in [0.05, 0.1) is 8.93 Å². The number of hydrogen-bond acceptors (Lipinski definition) is 5. The first-order valence-electron chi connectivity index (χ1n) is 5.87. The predicted molar refractivity (Wildman–Crippen MR) is 83.6 cm³/mol. The molecule has 1 atom stereocenters. The van der Waals surface area contributed by atoms with E-state index in [0.717, 1.165) is 22.6 Å². The Labute approximate surface area is 129 Å². The molecule has 0 saturated carbocycles. The molecule has 100 valence electrons. The zero-order valence-electron chi connectivity index (χ0n) is 10.1. The molecule has 6 heteroatoms. The highest BCUT2D eigenvalue weighted by Crippen LogP contribution is 2.35. The molecule has 0 spiro atoms. The molecule has 2 heterocycles. The van der Waals surface area contributed by atoms with Crippen molar-refractivity contribution in [3.05, 3.63) is 43.7 Å². The highest BCUT2D eigenvalue weighted by Gasteiger charge is 2.18. The minimum Gasteiger partial charge on any atom is -0.486 e. The third-order valence-corrected chi connectivity index (χ3v) is 4.79. The summed E-state index contributed by atoms with van der Waals surface area (Å²) in [4.78, 5) is 0.